The van der Waals surface area contributed by atoms with E-state index in [-0.39, 0.29) is 0 Å². The fourth-order valence-electron chi connectivity index (χ4n) is 4.60. The van der Waals surface area contributed by atoms with Crippen LogP contribution in [0, 0.1) is 0 Å². The highest BCUT2D eigenvalue weighted by Crippen LogP contribution is 2.63. The topological polar surface area (TPSA) is 48.4 Å². The molecule has 1 unspecified atom stereocenters. The number of nitrogens with zero attached hydrogens (tertiary/aromatic N) is 4. The summed E-state index contributed by atoms with van der Waals surface area (Å²) in [5, 5.41) is 2.07. The van der Waals surface area contributed by atoms with Crippen LogP contribution in [-0.2, 0) is 0 Å². The van der Waals surface area contributed by atoms with Crippen molar-refractivity contribution in [3.05, 3.63) is 75.7 Å². The van der Waals surface area contributed by atoms with E-state index in [1.807, 2.05) is 30.3 Å². The highest BCUT2D eigenvalue weighted by Gasteiger charge is 2.46. The minimum Gasteiger partial charge on any atom is -0.409 e. The van der Waals surface area contributed by atoms with Gasteiger partial charge < -0.3 is 9.64 Å². The number of benzene rings is 3. The molecule has 1 aliphatic heterocycles. The van der Waals surface area contributed by atoms with Crippen LogP contribution in [0.15, 0.2) is 65.4 Å². The summed E-state index contributed by atoms with van der Waals surface area (Å²) < 4.78 is 15.2. The number of carbonyl (C=O) groups is 1. The monoisotopic (exact) mass is 578 g/mol. The molecule has 0 saturated heterocycles. The molecule has 0 aromatic heterocycles. The molecule has 1 heterocycles. The summed E-state index contributed by atoms with van der Waals surface area (Å²) >= 11 is 19.3. The normalized spacial score (nSPS) is 17.0. The number of amides is 1. The second-order valence-corrected chi connectivity index (χ2v) is 12.4. The summed E-state index contributed by atoms with van der Waals surface area (Å²) in [6, 6.07) is 18.6. The van der Waals surface area contributed by atoms with Crippen molar-refractivity contribution in [1.82, 2.24) is 4.67 Å². The lowest BCUT2D eigenvalue weighted by Crippen LogP contribution is -2.46. The van der Waals surface area contributed by atoms with Gasteiger partial charge in [-0.25, -0.2) is 18.9 Å². The second-order valence-electron chi connectivity index (χ2n) is 8.36. The zero-order chi connectivity index (χ0) is 26.7. The van der Waals surface area contributed by atoms with Gasteiger partial charge in [-0.2, -0.15) is 0 Å². The first kappa shape index (κ1) is 27.8. The first-order valence-electron chi connectivity index (χ1n) is 12.3. The van der Waals surface area contributed by atoms with Crippen LogP contribution < -0.4 is 19.6 Å². The Balaban J connectivity index is 2.12. The Hall–Kier alpha value is -2.21. The maximum atomic E-state index is 13.9. The molecule has 0 bridgehead atoms. The number of hydrogen-bond acceptors (Lipinski definition) is 4. The minimum absolute atomic E-state index is 0.338. The molecule has 3 aromatic carbocycles. The van der Waals surface area contributed by atoms with Crippen molar-refractivity contribution < 1.29 is 9.53 Å². The van der Waals surface area contributed by atoms with Gasteiger partial charge in [0, 0.05) is 37.9 Å². The van der Waals surface area contributed by atoms with Crippen LogP contribution in [0.4, 0.5) is 21.9 Å². The summed E-state index contributed by atoms with van der Waals surface area (Å²) in [5.74, 6) is 0.502. The van der Waals surface area contributed by atoms with E-state index in [4.69, 9.17) is 44.3 Å². The number of carbonyl (C=O) groups excluding carboxylic acids is 1. The molecular weight excluding hydrogens is 550 g/mol. The number of hydrogen-bond donors (Lipinski definition) is 0. The standard InChI is InChI=1S/C27H30Cl3N4O2P/c1-5-32(6-2)19-14-16-26-25(18-19)36-27(35)34(20-13-15-21(28)23(30)17-20)37(26,33(7-3)8-4)31-24-12-10-9-11-22(24)29/h9-18H,5-8H2,1-4H3. The first-order chi connectivity index (χ1) is 17.8. The molecule has 0 saturated carbocycles. The van der Waals surface area contributed by atoms with Gasteiger partial charge in [-0.05, 0) is 56.3 Å². The molecule has 4 rings (SSSR count). The van der Waals surface area contributed by atoms with Crippen LogP contribution in [-0.4, -0.2) is 36.9 Å². The summed E-state index contributed by atoms with van der Waals surface area (Å²) in [6.07, 6.45) is -0.529. The van der Waals surface area contributed by atoms with Gasteiger partial charge in [0.1, 0.15) is 5.75 Å². The average Bonchev–Trinajstić information content (AvgIpc) is 2.88. The highest BCUT2D eigenvalue weighted by molar-refractivity contribution is 7.74. The molecule has 0 radical (unpaired) electrons. The van der Waals surface area contributed by atoms with E-state index >= 15 is 0 Å². The van der Waals surface area contributed by atoms with Crippen molar-refractivity contribution in [2.75, 3.05) is 35.7 Å². The fourth-order valence-corrected chi connectivity index (χ4v) is 8.89. The third kappa shape index (κ3) is 5.10. The Kier molecular flexibility index (Phi) is 8.77. The molecule has 1 amide bonds. The Morgan fingerprint density at radius 2 is 1.54 bits per heavy atom. The van der Waals surface area contributed by atoms with Crippen molar-refractivity contribution in [3.63, 3.8) is 0 Å². The number of fused-ring (bicyclic) bond motifs is 1. The van der Waals surface area contributed by atoms with Crippen LogP contribution in [0.5, 0.6) is 5.75 Å². The maximum Gasteiger partial charge on any atom is 0.425 e. The fraction of sp³-hybridized carbons (Fsp3) is 0.296. The predicted molar refractivity (Wildman–Crippen MR) is 158 cm³/mol. The van der Waals surface area contributed by atoms with E-state index in [9.17, 15) is 4.79 Å². The number of rotatable bonds is 8. The van der Waals surface area contributed by atoms with Crippen molar-refractivity contribution >= 4 is 70.6 Å². The SMILES string of the molecule is CCN(CC)c1ccc2c(c1)OC(=O)N(c1ccc(Cl)c(Cl)c1)P2(=Nc1ccccc1Cl)N(CC)CC. The van der Waals surface area contributed by atoms with Gasteiger partial charge in [-0.15, -0.1) is 0 Å². The van der Waals surface area contributed by atoms with Crippen LogP contribution >= 0.6 is 42.2 Å². The van der Waals surface area contributed by atoms with Crippen molar-refractivity contribution in [1.29, 1.82) is 0 Å². The van der Waals surface area contributed by atoms with E-state index in [2.05, 4.69) is 43.3 Å². The predicted octanol–water partition coefficient (Wildman–Crippen LogP) is 8.84. The summed E-state index contributed by atoms with van der Waals surface area (Å²) in [5.41, 5.74) is 2.13. The quantitative estimate of drug-likeness (QED) is 0.250. The lowest BCUT2D eigenvalue weighted by Gasteiger charge is -2.46. The molecule has 1 aliphatic rings. The number of halogens is 3. The van der Waals surface area contributed by atoms with Gasteiger partial charge in [0.15, 0.2) is 7.36 Å². The van der Waals surface area contributed by atoms with E-state index in [0.29, 0.717) is 45.3 Å². The number of ether oxygens (including phenoxy) is 1. The van der Waals surface area contributed by atoms with Crippen molar-refractivity contribution in [2.24, 2.45) is 4.74 Å². The molecule has 0 fully saturated rings. The molecule has 37 heavy (non-hydrogen) atoms. The lowest BCUT2D eigenvalue weighted by atomic mass is 10.2. The molecule has 10 heteroatoms. The smallest absolute Gasteiger partial charge is 0.409 e. The Morgan fingerprint density at radius 1 is 0.838 bits per heavy atom. The molecule has 1 atom stereocenters. The molecule has 0 aliphatic carbocycles. The Labute approximate surface area is 233 Å². The van der Waals surface area contributed by atoms with Gasteiger partial charge in [-0.1, -0.05) is 60.8 Å². The average molecular weight is 580 g/mol. The van der Waals surface area contributed by atoms with Gasteiger partial charge in [0.2, 0.25) is 0 Å². The first-order valence-corrected chi connectivity index (χ1v) is 15.1. The third-order valence-corrected chi connectivity index (χ3v) is 11.3. The van der Waals surface area contributed by atoms with E-state index in [1.165, 1.54) is 0 Å². The minimum atomic E-state index is -3.02. The zero-order valence-electron chi connectivity index (χ0n) is 21.3. The van der Waals surface area contributed by atoms with Crippen LogP contribution in [0.1, 0.15) is 27.7 Å². The largest absolute Gasteiger partial charge is 0.425 e. The highest BCUT2D eigenvalue weighted by atomic mass is 35.5. The molecule has 6 nitrogen and oxygen atoms in total. The molecule has 0 spiro atoms. The van der Waals surface area contributed by atoms with Gasteiger partial charge >= 0.3 is 6.09 Å². The molecule has 196 valence electrons. The van der Waals surface area contributed by atoms with E-state index < -0.39 is 13.4 Å². The van der Waals surface area contributed by atoms with Crippen molar-refractivity contribution in [2.45, 2.75) is 27.7 Å². The second kappa shape index (κ2) is 11.7. The Morgan fingerprint density at radius 3 is 2.16 bits per heavy atom. The third-order valence-electron chi connectivity index (χ3n) is 6.42. The van der Waals surface area contributed by atoms with Crippen LogP contribution in [0.25, 0.3) is 0 Å². The van der Waals surface area contributed by atoms with Gasteiger partial charge in [0.05, 0.1) is 31.7 Å². The summed E-state index contributed by atoms with van der Waals surface area (Å²) in [4.78, 5) is 16.1. The van der Waals surface area contributed by atoms with Gasteiger partial charge in [0.25, 0.3) is 0 Å². The Bertz CT molecular complexity index is 1360. The lowest BCUT2D eigenvalue weighted by molar-refractivity contribution is 0.210. The summed E-state index contributed by atoms with van der Waals surface area (Å²) in [7, 11) is -3.02. The summed E-state index contributed by atoms with van der Waals surface area (Å²) in [6.45, 7) is 11.3. The van der Waals surface area contributed by atoms with Gasteiger partial charge in [-0.3, -0.25) is 0 Å². The van der Waals surface area contributed by atoms with Crippen LogP contribution in [0.2, 0.25) is 15.1 Å². The molecular formula is C27H30Cl3N4O2P. The van der Waals surface area contributed by atoms with Crippen LogP contribution in [0.3, 0.4) is 0 Å². The van der Waals surface area contributed by atoms with E-state index in [0.717, 1.165) is 24.1 Å². The molecule has 3 aromatic rings. The molecule has 0 N–H and O–H groups in total. The zero-order valence-corrected chi connectivity index (χ0v) is 24.5. The van der Waals surface area contributed by atoms with Crippen molar-refractivity contribution in [3.8, 4) is 5.75 Å². The van der Waals surface area contributed by atoms with E-state index in [1.54, 1.807) is 28.9 Å². The number of anilines is 2. The maximum absolute atomic E-state index is 13.9.